The molecule has 98 valence electrons. The van der Waals surface area contributed by atoms with Crippen molar-refractivity contribution >= 4 is 15.9 Å². The van der Waals surface area contributed by atoms with Crippen molar-refractivity contribution in [1.82, 2.24) is 0 Å². The lowest BCUT2D eigenvalue weighted by Crippen LogP contribution is -2.15. The highest BCUT2D eigenvalue weighted by atomic mass is 79.9. The third-order valence-electron chi connectivity index (χ3n) is 4.98. The fourth-order valence-corrected chi connectivity index (χ4v) is 4.72. The number of benzene rings is 1. The number of halogens is 2. The largest absolute Gasteiger partial charge is 0.207 e. The van der Waals surface area contributed by atoms with Crippen LogP contribution in [0.4, 0.5) is 4.39 Å². The van der Waals surface area contributed by atoms with Gasteiger partial charge in [0, 0.05) is 5.33 Å². The van der Waals surface area contributed by atoms with Gasteiger partial charge in [0.05, 0.1) is 0 Å². The molecule has 0 spiro atoms. The first kappa shape index (κ1) is 12.7. The quantitative estimate of drug-likeness (QED) is 0.676. The van der Waals surface area contributed by atoms with Gasteiger partial charge < -0.3 is 0 Å². The van der Waals surface area contributed by atoms with Gasteiger partial charge in [-0.1, -0.05) is 34.5 Å². The summed E-state index contributed by atoms with van der Waals surface area (Å²) >= 11 is 3.62. The van der Waals surface area contributed by atoms with Gasteiger partial charge in [-0.05, 0) is 67.1 Å². The van der Waals surface area contributed by atoms with E-state index in [1.165, 1.54) is 38.2 Å². The molecule has 0 N–H and O–H groups in total. The predicted octanol–water partition coefficient (Wildman–Crippen LogP) is 5.13. The van der Waals surface area contributed by atoms with Gasteiger partial charge in [0.1, 0.15) is 5.82 Å². The van der Waals surface area contributed by atoms with Crippen LogP contribution in [-0.2, 0) is 0 Å². The van der Waals surface area contributed by atoms with Crippen LogP contribution in [0.2, 0.25) is 0 Å². The van der Waals surface area contributed by atoms with Gasteiger partial charge in [-0.15, -0.1) is 0 Å². The third kappa shape index (κ3) is 2.49. The summed E-state index contributed by atoms with van der Waals surface area (Å²) in [4.78, 5) is 0. The van der Waals surface area contributed by atoms with E-state index in [0.717, 1.165) is 28.6 Å². The Morgan fingerprint density at radius 3 is 2.78 bits per heavy atom. The van der Waals surface area contributed by atoms with Gasteiger partial charge in [0.2, 0.25) is 0 Å². The van der Waals surface area contributed by atoms with E-state index < -0.39 is 0 Å². The second-order valence-electron chi connectivity index (χ2n) is 6.08. The minimum absolute atomic E-state index is 0.105. The summed E-state index contributed by atoms with van der Waals surface area (Å²) in [6.07, 6.45) is 7.01. The Morgan fingerprint density at radius 2 is 2.17 bits per heavy atom. The molecule has 3 rings (SSSR count). The normalized spacial score (nSPS) is 31.8. The molecule has 2 saturated carbocycles. The van der Waals surface area contributed by atoms with Gasteiger partial charge in [-0.3, -0.25) is 0 Å². The summed E-state index contributed by atoms with van der Waals surface area (Å²) in [7, 11) is 0. The maximum Gasteiger partial charge on any atom is 0.123 e. The molecular weight excluding hydrogens is 291 g/mol. The summed E-state index contributed by atoms with van der Waals surface area (Å²) in [5.41, 5.74) is 1.16. The number of hydrogen-bond acceptors (Lipinski definition) is 0. The van der Waals surface area contributed by atoms with E-state index in [-0.39, 0.29) is 5.82 Å². The molecule has 2 bridgehead atoms. The Hall–Kier alpha value is -0.370. The molecule has 4 atom stereocenters. The minimum atomic E-state index is -0.105. The van der Waals surface area contributed by atoms with Crippen molar-refractivity contribution in [3.05, 3.63) is 35.6 Å². The number of hydrogen-bond donors (Lipinski definition) is 0. The van der Waals surface area contributed by atoms with Gasteiger partial charge in [0.25, 0.3) is 0 Å². The fraction of sp³-hybridized carbons (Fsp3) is 0.625. The van der Waals surface area contributed by atoms with E-state index in [0.29, 0.717) is 5.92 Å². The molecule has 0 amide bonds. The van der Waals surface area contributed by atoms with Crippen LogP contribution in [-0.4, -0.2) is 5.33 Å². The van der Waals surface area contributed by atoms with E-state index in [1.54, 1.807) is 6.07 Å². The number of alkyl halides is 1. The second-order valence-corrected chi connectivity index (χ2v) is 6.72. The Labute approximate surface area is 117 Å². The van der Waals surface area contributed by atoms with Crippen molar-refractivity contribution in [1.29, 1.82) is 0 Å². The van der Waals surface area contributed by atoms with E-state index in [1.807, 2.05) is 6.07 Å². The fourth-order valence-electron chi connectivity index (χ4n) is 4.08. The zero-order valence-corrected chi connectivity index (χ0v) is 12.2. The summed E-state index contributed by atoms with van der Waals surface area (Å²) in [5, 5.41) is 0.949. The first-order chi connectivity index (χ1) is 8.76. The first-order valence-electron chi connectivity index (χ1n) is 7.07. The molecule has 4 unspecified atom stereocenters. The van der Waals surface area contributed by atoms with Gasteiger partial charge in [0.15, 0.2) is 0 Å². The molecule has 2 fully saturated rings. The monoisotopic (exact) mass is 310 g/mol. The lowest BCUT2D eigenvalue weighted by Gasteiger charge is -2.26. The topological polar surface area (TPSA) is 0 Å². The Morgan fingerprint density at radius 1 is 1.28 bits per heavy atom. The average Bonchev–Trinajstić information content (AvgIpc) is 2.98. The summed E-state index contributed by atoms with van der Waals surface area (Å²) < 4.78 is 13.3. The molecule has 0 saturated heterocycles. The highest BCUT2D eigenvalue weighted by Crippen LogP contribution is 2.51. The smallest absolute Gasteiger partial charge is 0.123 e. The van der Waals surface area contributed by atoms with Crippen LogP contribution in [0.15, 0.2) is 24.3 Å². The van der Waals surface area contributed by atoms with E-state index in [9.17, 15) is 4.39 Å². The van der Waals surface area contributed by atoms with Crippen molar-refractivity contribution < 1.29 is 4.39 Å². The highest BCUT2D eigenvalue weighted by Gasteiger charge is 2.40. The molecule has 2 heteroatoms. The first-order valence-corrected chi connectivity index (χ1v) is 8.20. The summed E-state index contributed by atoms with van der Waals surface area (Å²) in [6, 6.07) is 7.15. The van der Waals surface area contributed by atoms with E-state index in [2.05, 4.69) is 22.0 Å². The molecule has 2 aliphatic carbocycles. The molecule has 1 aromatic rings. The molecule has 0 nitrogen and oxygen atoms in total. The van der Waals surface area contributed by atoms with E-state index in [4.69, 9.17) is 0 Å². The molecule has 0 radical (unpaired) electrons. The SMILES string of the molecule is Fc1cccc(C(CBr)CC2CC3CCC2C3)c1. The molecule has 0 heterocycles. The Bertz CT molecular complexity index is 417. The third-order valence-corrected chi connectivity index (χ3v) is 5.76. The second kappa shape index (κ2) is 5.32. The minimum Gasteiger partial charge on any atom is -0.207 e. The predicted molar refractivity (Wildman–Crippen MR) is 76.5 cm³/mol. The van der Waals surface area contributed by atoms with E-state index >= 15 is 0 Å². The maximum atomic E-state index is 13.3. The average molecular weight is 311 g/mol. The summed E-state index contributed by atoms with van der Waals surface area (Å²) in [5.74, 6) is 3.22. The van der Waals surface area contributed by atoms with Crippen LogP contribution in [0.3, 0.4) is 0 Å². The van der Waals surface area contributed by atoms with Gasteiger partial charge in [-0.25, -0.2) is 4.39 Å². The molecule has 2 aliphatic rings. The Balaban J connectivity index is 1.69. The summed E-state index contributed by atoms with van der Waals surface area (Å²) in [6.45, 7) is 0. The highest BCUT2D eigenvalue weighted by molar-refractivity contribution is 9.09. The van der Waals surface area contributed by atoms with Crippen LogP contribution in [0.1, 0.15) is 43.6 Å². The maximum absolute atomic E-state index is 13.3. The van der Waals surface area contributed by atoms with Crippen LogP contribution in [0.25, 0.3) is 0 Å². The Kier molecular flexibility index (Phi) is 3.74. The van der Waals surface area contributed by atoms with Gasteiger partial charge in [-0.2, -0.15) is 0 Å². The van der Waals surface area contributed by atoms with Crippen LogP contribution >= 0.6 is 15.9 Å². The zero-order chi connectivity index (χ0) is 12.5. The van der Waals surface area contributed by atoms with Crippen LogP contribution in [0.5, 0.6) is 0 Å². The van der Waals surface area contributed by atoms with Crippen LogP contribution < -0.4 is 0 Å². The van der Waals surface area contributed by atoms with Crippen molar-refractivity contribution in [2.45, 2.75) is 38.0 Å². The van der Waals surface area contributed by atoms with Gasteiger partial charge >= 0.3 is 0 Å². The molecular formula is C16H20BrF. The number of rotatable bonds is 4. The zero-order valence-electron chi connectivity index (χ0n) is 10.6. The lowest BCUT2D eigenvalue weighted by molar-refractivity contribution is 0.300. The molecule has 0 aliphatic heterocycles. The van der Waals surface area contributed by atoms with Crippen molar-refractivity contribution in [3.63, 3.8) is 0 Å². The van der Waals surface area contributed by atoms with Crippen molar-refractivity contribution in [3.8, 4) is 0 Å². The molecule has 0 aromatic heterocycles. The number of fused-ring (bicyclic) bond motifs is 2. The standard InChI is InChI=1S/C16H20BrF/c17-10-15(12-2-1-3-16(18)9-12)8-14-7-11-4-5-13(14)6-11/h1-3,9,11,13-15H,4-8,10H2. The van der Waals surface area contributed by atoms with Crippen molar-refractivity contribution in [2.75, 3.05) is 5.33 Å². The van der Waals surface area contributed by atoms with Crippen LogP contribution in [0, 0.1) is 23.6 Å². The lowest BCUT2D eigenvalue weighted by atomic mass is 9.81. The van der Waals surface area contributed by atoms with Crippen molar-refractivity contribution in [2.24, 2.45) is 17.8 Å². The molecule has 1 aromatic carbocycles. The molecule has 18 heavy (non-hydrogen) atoms.